The van der Waals surface area contributed by atoms with E-state index in [4.69, 9.17) is 0 Å². The van der Waals surface area contributed by atoms with Crippen LogP contribution in [0.2, 0.25) is 0 Å². The summed E-state index contributed by atoms with van der Waals surface area (Å²) in [6, 6.07) is 1.28. The van der Waals surface area contributed by atoms with Gasteiger partial charge in [0.25, 0.3) is 0 Å². The lowest BCUT2D eigenvalue weighted by Crippen LogP contribution is -2.56. The first-order chi connectivity index (χ1) is 8.08. The molecule has 4 atom stereocenters. The molecule has 4 unspecified atom stereocenters. The molecule has 0 radical (unpaired) electrons. The van der Waals surface area contributed by atoms with Gasteiger partial charge in [-0.05, 0) is 39.7 Å². The van der Waals surface area contributed by atoms with Crippen LogP contribution in [0.1, 0.15) is 39.5 Å². The van der Waals surface area contributed by atoms with Gasteiger partial charge < -0.3 is 5.11 Å². The summed E-state index contributed by atoms with van der Waals surface area (Å²) < 4.78 is 0. The molecule has 1 saturated heterocycles. The monoisotopic (exact) mass is 240 g/mol. The lowest BCUT2D eigenvalue weighted by molar-refractivity contribution is 0.00963. The highest BCUT2D eigenvalue weighted by atomic mass is 16.3. The average Bonchev–Trinajstić information content (AvgIpc) is 2.29. The maximum Gasteiger partial charge on any atom is 0.0580 e. The first kappa shape index (κ1) is 13.3. The van der Waals surface area contributed by atoms with Crippen molar-refractivity contribution in [1.29, 1.82) is 0 Å². The molecule has 0 aromatic rings. The Morgan fingerprint density at radius 1 is 1.06 bits per heavy atom. The van der Waals surface area contributed by atoms with Gasteiger partial charge in [0.2, 0.25) is 0 Å². The van der Waals surface area contributed by atoms with Gasteiger partial charge in [0, 0.05) is 31.7 Å². The van der Waals surface area contributed by atoms with Crippen LogP contribution in [-0.2, 0) is 0 Å². The Morgan fingerprint density at radius 2 is 1.65 bits per heavy atom. The molecule has 2 aliphatic rings. The summed E-state index contributed by atoms with van der Waals surface area (Å²) in [7, 11) is 2.22. The van der Waals surface area contributed by atoms with Crippen molar-refractivity contribution in [2.45, 2.75) is 57.7 Å². The molecule has 1 aliphatic heterocycles. The van der Waals surface area contributed by atoms with E-state index in [-0.39, 0.29) is 6.10 Å². The predicted molar refractivity (Wildman–Crippen MR) is 71.1 cm³/mol. The number of aliphatic hydroxyl groups excluding tert-OH is 1. The Labute approximate surface area is 106 Å². The zero-order chi connectivity index (χ0) is 12.4. The predicted octanol–water partition coefficient (Wildman–Crippen LogP) is 1.56. The van der Waals surface area contributed by atoms with E-state index in [0.29, 0.717) is 18.0 Å². The van der Waals surface area contributed by atoms with Crippen molar-refractivity contribution in [3.05, 3.63) is 0 Å². The molecule has 3 heteroatoms. The van der Waals surface area contributed by atoms with Crippen molar-refractivity contribution in [2.75, 3.05) is 26.7 Å². The number of hydrogen-bond donors (Lipinski definition) is 1. The van der Waals surface area contributed by atoms with E-state index in [0.717, 1.165) is 26.1 Å². The highest BCUT2D eigenvalue weighted by Gasteiger charge is 2.30. The minimum atomic E-state index is -0.0472. The van der Waals surface area contributed by atoms with Crippen LogP contribution in [0.5, 0.6) is 0 Å². The van der Waals surface area contributed by atoms with Crippen molar-refractivity contribution in [3.63, 3.8) is 0 Å². The van der Waals surface area contributed by atoms with Crippen molar-refractivity contribution in [1.82, 2.24) is 9.80 Å². The highest BCUT2D eigenvalue weighted by Crippen LogP contribution is 2.26. The van der Waals surface area contributed by atoms with Gasteiger partial charge in [0.1, 0.15) is 0 Å². The number of piperazine rings is 1. The number of rotatable bonds is 2. The normalized spacial score (nSPS) is 41.6. The van der Waals surface area contributed by atoms with Gasteiger partial charge in [-0.25, -0.2) is 0 Å². The molecule has 1 aliphatic carbocycles. The zero-order valence-corrected chi connectivity index (χ0v) is 11.6. The number of aliphatic hydroxyl groups is 1. The van der Waals surface area contributed by atoms with Crippen LogP contribution in [0, 0.1) is 5.92 Å². The maximum absolute atomic E-state index is 10.0. The van der Waals surface area contributed by atoms with Crippen molar-refractivity contribution >= 4 is 0 Å². The van der Waals surface area contributed by atoms with Crippen LogP contribution in [0.4, 0.5) is 0 Å². The summed E-state index contributed by atoms with van der Waals surface area (Å²) in [5.41, 5.74) is 0. The fourth-order valence-corrected chi connectivity index (χ4v) is 3.40. The zero-order valence-electron chi connectivity index (χ0n) is 11.6. The van der Waals surface area contributed by atoms with Crippen LogP contribution in [-0.4, -0.2) is 59.8 Å². The third-order valence-corrected chi connectivity index (χ3v) is 4.80. The summed E-state index contributed by atoms with van der Waals surface area (Å²) >= 11 is 0. The quantitative estimate of drug-likeness (QED) is 0.793. The Kier molecular flexibility index (Phi) is 4.45. The molecule has 0 amide bonds. The fraction of sp³-hybridized carbons (Fsp3) is 1.00. The molecule has 100 valence electrons. The second-order valence-electron chi connectivity index (χ2n) is 6.19. The lowest BCUT2D eigenvalue weighted by atomic mass is 9.86. The standard InChI is InChI=1S/C14H28N2O/c1-11-8-16(9-12(2)15(11)3)10-13-6-4-5-7-14(13)17/h11-14,17H,4-10H2,1-3H3. The minimum absolute atomic E-state index is 0.0472. The molecular weight excluding hydrogens is 212 g/mol. The largest absolute Gasteiger partial charge is 0.393 e. The SMILES string of the molecule is CC1CN(CC2CCCCC2O)CC(C)N1C. The molecule has 17 heavy (non-hydrogen) atoms. The van der Waals surface area contributed by atoms with Crippen LogP contribution < -0.4 is 0 Å². The lowest BCUT2D eigenvalue weighted by Gasteiger charge is -2.44. The van der Waals surface area contributed by atoms with E-state index in [1.807, 2.05) is 0 Å². The minimum Gasteiger partial charge on any atom is -0.393 e. The van der Waals surface area contributed by atoms with Gasteiger partial charge in [-0.1, -0.05) is 12.8 Å². The first-order valence-corrected chi connectivity index (χ1v) is 7.20. The molecule has 0 aromatic heterocycles. The van der Waals surface area contributed by atoms with Gasteiger partial charge in [-0.2, -0.15) is 0 Å². The molecular formula is C14H28N2O. The molecule has 2 fully saturated rings. The molecule has 0 bridgehead atoms. The third-order valence-electron chi connectivity index (χ3n) is 4.80. The Hall–Kier alpha value is -0.120. The molecule has 3 nitrogen and oxygen atoms in total. The van der Waals surface area contributed by atoms with Crippen molar-refractivity contribution in [2.24, 2.45) is 5.92 Å². The summed E-state index contributed by atoms with van der Waals surface area (Å²) in [6.07, 6.45) is 4.71. The van der Waals surface area contributed by atoms with Crippen LogP contribution in [0.3, 0.4) is 0 Å². The molecule has 0 aromatic carbocycles. The number of likely N-dealkylation sites (N-methyl/N-ethyl adjacent to an activating group) is 1. The van der Waals surface area contributed by atoms with Crippen molar-refractivity contribution < 1.29 is 5.11 Å². The molecule has 0 spiro atoms. The van der Waals surface area contributed by atoms with Gasteiger partial charge in [-0.3, -0.25) is 9.80 Å². The fourth-order valence-electron chi connectivity index (χ4n) is 3.40. The smallest absolute Gasteiger partial charge is 0.0580 e. The molecule has 1 saturated carbocycles. The van der Waals surface area contributed by atoms with Gasteiger partial charge in [0.15, 0.2) is 0 Å². The van der Waals surface area contributed by atoms with E-state index in [1.165, 1.54) is 19.3 Å². The Bertz CT molecular complexity index is 234. The summed E-state index contributed by atoms with van der Waals surface area (Å²) in [4.78, 5) is 5.03. The van der Waals surface area contributed by atoms with Gasteiger partial charge >= 0.3 is 0 Å². The van der Waals surface area contributed by atoms with Crippen molar-refractivity contribution in [3.8, 4) is 0 Å². The Morgan fingerprint density at radius 3 is 2.24 bits per heavy atom. The summed E-state index contributed by atoms with van der Waals surface area (Å²) in [5.74, 6) is 0.520. The summed E-state index contributed by atoms with van der Waals surface area (Å²) in [5, 5.41) is 10.0. The Balaban J connectivity index is 1.86. The average molecular weight is 240 g/mol. The third kappa shape index (κ3) is 3.21. The second kappa shape index (κ2) is 5.68. The molecule has 2 rings (SSSR count). The van der Waals surface area contributed by atoms with E-state index in [9.17, 15) is 5.11 Å². The van der Waals surface area contributed by atoms with Gasteiger partial charge in [-0.15, -0.1) is 0 Å². The number of hydrogen-bond acceptors (Lipinski definition) is 3. The first-order valence-electron chi connectivity index (χ1n) is 7.20. The summed E-state index contributed by atoms with van der Waals surface area (Å²) in [6.45, 7) is 8.03. The topological polar surface area (TPSA) is 26.7 Å². The van der Waals surface area contributed by atoms with Crippen LogP contribution in [0.25, 0.3) is 0 Å². The van der Waals surface area contributed by atoms with Crippen LogP contribution in [0.15, 0.2) is 0 Å². The van der Waals surface area contributed by atoms with E-state index in [1.54, 1.807) is 0 Å². The number of nitrogens with zero attached hydrogens (tertiary/aromatic N) is 2. The van der Waals surface area contributed by atoms with E-state index in [2.05, 4.69) is 30.7 Å². The molecule has 1 heterocycles. The van der Waals surface area contributed by atoms with E-state index >= 15 is 0 Å². The highest BCUT2D eigenvalue weighted by molar-refractivity contribution is 4.85. The maximum atomic E-state index is 10.0. The van der Waals surface area contributed by atoms with E-state index < -0.39 is 0 Å². The van der Waals surface area contributed by atoms with Crippen LogP contribution >= 0.6 is 0 Å². The van der Waals surface area contributed by atoms with Gasteiger partial charge in [0.05, 0.1) is 6.10 Å². The molecule has 1 N–H and O–H groups in total. The second-order valence-corrected chi connectivity index (χ2v) is 6.19.